The van der Waals surface area contributed by atoms with Crippen molar-refractivity contribution in [2.24, 2.45) is 0 Å². The molecule has 0 aromatic rings. The van der Waals surface area contributed by atoms with E-state index in [-0.39, 0.29) is 0 Å². The van der Waals surface area contributed by atoms with Crippen molar-refractivity contribution < 1.29 is 5.11 Å². The zero-order chi connectivity index (χ0) is 9.68. The number of unbranched alkanes of at least 4 members (excludes halogenated alkanes) is 1. The van der Waals surface area contributed by atoms with E-state index in [0.29, 0.717) is 6.61 Å². The van der Waals surface area contributed by atoms with Gasteiger partial charge >= 0.3 is 0 Å². The van der Waals surface area contributed by atoms with Gasteiger partial charge in [-0.25, -0.2) is 0 Å². The fourth-order valence-corrected chi connectivity index (χ4v) is 2.32. The van der Waals surface area contributed by atoms with Gasteiger partial charge in [0.2, 0.25) is 0 Å². The molecule has 0 spiro atoms. The molecule has 1 rings (SSSR count). The molecule has 2 nitrogen and oxygen atoms in total. The van der Waals surface area contributed by atoms with Crippen molar-refractivity contribution >= 4 is 0 Å². The van der Waals surface area contributed by atoms with Gasteiger partial charge in [0.05, 0.1) is 0 Å². The van der Waals surface area contributed by atoms with Crippen molar-refractivity contribution in [3.8, 4) is 0 Å². The van der Waals surface area contributed by atoms with Gasteiger partial charge in [0, 0.05) is 18.7 Å². The minimum Gasteiger partial charge on any atom is -0.396 e. The van der Waals surface area contributed by atoms with Gasteiger partial charge in [-0.15, -0.1) is 0 Å². The first-order valence-electron chi connectivity index (χ1n) is 5.62. The second-order valence-electron chi connectivity index (χ2n) is 4.30. The van der Waals surface area contributed by atoms with Crippen molar-refractivity contribution in [3.63, 3.8) is 0 Å². The summed E-state index contributed by atoms with van der Waals surface area (Å²) in [6, 6.07) is 1.50. The second-order valence-corrected chi connectivity index (χ2v) is 4.30. The highest BCUT2D eigenvalue weighted by Crippen LogP contribution is 2.22. The Hall–Kier alpha value is -0.0800. The van der Waals surface area contributed by atoms with Gasteiger partial charge in [-0.05, 0) is 46.1 Å². The van der Waals surface area contributed by atoms with Crippen LogP contribution in [0.5, 0.6) is 0 Å². The summed E-state index contributed by atoms with van der Waals surface area (Å²) in [4.78, 5) is 2.60. The molecule has 1 aliphatic rings. The molecule has 0 unspecified atom stereocenters. The van der Waals surface area contributed by atoms with E-state index in [1.54, 1.807) is 0 Å². The standard InChI is InChI=1S/C11H23NO/c1-10-6-5-7-11(2)12(10)8-3-4-9-13/h10-11,13H,3-9H2,1-2H3/t10-,11-/m0/s1. The minimum atomic E-state index is 0.344. The van der Waals surface area contributed by atoms with E-state index in [9.17, 15) is 0 Å². The van der Waals surface area contributed by atoms with Crippen LogP contribution < -0.4 is 0 Å². The van der Waals surface area contributed by atoms with Crippen LogP contribution in [0.25, 0.3) is 0 Å². The molecule has 2 atom stereocenters. The number of hydrogen-bond acceptors (Lipinski definition) is 2. The zero-order valence-electron chi connectivity index (χ0n) is 9.00. The largest absolute Gasteiger partial charge is 0.396 e. The smallest absolute Gasteiger partial charge is 0.0431 e. The van der Waals surface area contributed by atoms with E-state index in [1.165, 1.54) is 25.8 Å². The summed E-state index contributed by atoms with van der Waals surface area (Å²) in [5, 5.41) is 8.71. The Bertz CT molecular complexity index is 128. The van der Waals surface area contributed by atoms with E-state index >= 15 is 0 Å². The average molecular weight is 185 g/mol. The molecule has 1 saturated heterocycles. The minimum absolute atomic E-state index is 0.344. The third-order valence-electron chi connectivity index (χ3n) is 3.20. The van der Waals surface area contributed by atoms with Gasteiger partial charge in [-0.3, -0.25) is 4.90 Å². The van der Waals surface area contributed by atoms with Crippen LogP contribution in [0.3, 0.4) is 0 Å². The summed E-state index contributed by atoms with van der Waals surface area (Å²) < 4.78 is 0. The summed E-state index contributed by atoms with van der Waals surface area (Å²) in [7, 11) is 0. The summed E-state index contributed by atoms with van der Waals surface area (Å²) in [5.41, 5.74) is 0. The van der Waals surface area contributed by atoms with Gasteiger partial charge in [-0.1, -0.05) is 6.42 Å². The van der Waals surface area contributed by atoms with E-state index in [0.717, 1.165) is 24.9 Å². The Morgan fingerprint density at radius 2 is 1.77 bits per heavy atom. The van der Waals surface area contributed by atoms with Crippen LogP contribution in [0, 0.1) is 0 Å². The molecule has 1 N–H and O–H groups in total. The van der Waals surface area contributed by atoms with Crippen molar-refractivity contribution in [1.82, 2.24) is 4.90 Å². The van der Waals surface area contributed by atoms with E-state index < -0.39 is 0 Å². The maximum absolute atomic E-state index is 8.71. The molecule has 1 fully saturated rings. The van der Waals surface area contributed by atoms with Gasteiger partial charge in [0.15, 0.2) is 0 Å². The first kappa shape index (κ1) is 11.0. The molecule has 1 heterocycles. The molecule has 0 aromatic heterocycles. The monoisotopic (exact) mass is 185 g/mol. The van der Waals surface area contributed by atoms with Crippen LogP contribution >= 0.6 is 0 Å². The molecular formula is C11H23NO. The van der Waals surface area contributed by atoms with Crippen molar-refractivity contribution in [3.05, 3.63) is 0 Å². The number of aliphatic hydroxyl groups excluding tert-OH is 1. The lowest BCUT2D eigenvalue weighted by Gasteiger charge is -2.39. The van der Waals surface area contributed by atoms with E-state index in [2.05, 4.69) is 18.7 Å². The molecule has 78 valence electrons. The second kappa shape index (κ2) is 5.61. The average Bonchev–Trinajstić information content (AvgIpc) is 2.10. The molecule has 0 radical (unpaired) electrons. The number of rotatable bonds is 4. The van der Waals surface area contributed by atoms with Gasteiger partial charge in [-0.2, -0.15) is 0 Å². The molecule has 0 amide bonds. The fourth-order valence-electron chi connectivity index (χ4n) is 2.32. The quantitative estimate of drug-likeness (QED) is 0.677. The topological polar surface area (TPSA) is 23.5 Å². The number of nitrogens with zero attached hydrogens (tertiary/aromatic N) is 1. The molecule has 2 heteroatoms. The number of hydrogen-bond donors (Lipinski definition) is 1. The lowest BCUT2D eigenvalue weighted by Crippen LogP contribution is -2.44. The summed E-state index contributed by atoms with van der Waals surface area (Å²) in [6.45, 7) is 6.17. The van der Waals surface area contributed by atoms with Crippen molar-refractivity contribution in [2.75, 3.05) is 13.2 Å². The predicted molar refractivity (Wildman–Crippen MR) is 55.8 cm³/mol. The Kier molecular flexibility index (Phi) is 4.74. The molecule has 0 saturated carbocycles. The van der Waals surface area contributed by atoms with Crippen LogP contribution in [-0.2, 0) is 0 Å². The first-order chi connectivity index (χ1) is 6.25. The molecule has 0 aromatic carbocycles. The summed E-state index contributed by atoms with van der Waals surface area (Å²) in [6.07, 6.45) is 6.19. The third kappa shape index (κ3) is 3.28. The number of piperidine rings is 1. The zero-order valence-corrected chi connectivity index (χ0v) is 9.00. The molecule has 0 bridgehead atoms. The maximum Gasteiger partial charge on any atom is 0.0431 e. The normalized spacial score (nSPS) is 30.7. The van der Waals surface area contributed by atoms with Gasteiger partial charge in [0.1, 0.15) is 0 Å². The van der Waals surface area contributed by atoms with Crippen molar-refractivity contribution in [2.45, 2.75) is 58.0 Å². The van der Waals surface area contributed by atoms with Crippen LogP contribution in [-0.4, -0.2) is 35.2 Å². The highest BCUT2D eigenvalue weighted by atomic mass is 16.2. The Balaban J connectivity index is 2.26. The van der Waals surface area contributed by atoms with Crippen LogP contribution in [0.4, 0.5) is 0 Å². The number of likely N-dealkylation sites (tertiary alicyclic amines) is 1. The SMILES string of the molecule is C[C@H]1CCC[C@H](C)N1CCCCO. The highest BCUT2D eigenvalue weighted by Gasteiger charge is 2.23. The molecular weight excluding hydrogens is 162 g/mol. The van der Waals surface area contributed by atoms with Gasteiger partial charge < -0.3 is 5.11 Å². The Morgan fingerprint density at radius 1 is 1.15 bits per heavy atom. The molecule has 0 aliphatic carbocycles. The van der Waals surface area contributed by atoms with Crippen LogP contribution in [0.2, 0.25) is 0 Å². The highest BCUT2D eigenvalue weighted by molar-refractivity contribution is 4.79. The predicted octanol–water partition coefficient (Wildman–Crippen LogP) is 2.02. The van der Waals surface area contributed by atoms with Crippen LogP contribution in [0.15, 0.2) is 0 Å². The number of aliphatic hydroxyl groups is 1. The van der Waals surface area contributed by atoms with Crippen molar-refractivity contribution in [1.29, 1.82) is 0 Å². The Labute approximate surface area is 81.9 Å². The molecule has 13 heavy (non-hydrogen) atoms. The van der Waals surface area contributed by atoms with Gasteiger partial charge in [0.25, 0.3) is 0 Å². The lowest BCUT2D eigenvalue weighted by molar-refractivity contribution is 0.0990. The van der Waals surface area contributed by atoms with E-state index in [1.807, 2.05) is 0 Å². The fraction of sp³-hybridized carbons (Fsp3) is 1.00. The Morgan fingerprint density at radius 3 is 2.31 bits per heavy atom. The summed E-state index contributed by atoms with van der Waals surface area (Å²) >= 11 is 0. The first-order valence-corrected chi connectivity index (χ1v) is 5.62. The van der Waals surface area contributed by atoms with E-state index in [4.69, 9.17) is 5.11 Å². The summed E-state index contributed by atoms with van der Waals surface area (Å²) in [5.74, 6) is 0. The lowest BCUT2D eigenvalue weighted by atomic mass is 9.97. The van der Waals surface area contributed by atoms with Crippen LogP contribution in [0.1, 0.15) is 46.0 Å². The maximum atomic E-state index is 8.71. The molecule has 1 aliphatic heterocycles. The third-order valence-corrected chi connectivity index (χ3v) is 3.20.